The predicted molar refractivity (Wildman–Crippen MR) is 232 cm³/mol. The summed E-state index contributed by atoms with van der Waals surface area (Å²) < 4.78 is 4.56. The second kappa shape index (κ2) is 13.3. The lowest BCUT2D eigenvalue weighted by atomic mass is 9.96. The van der Waals surface area contributed by atoms with Gasteiger partial charge in [-0.05, 0) is 99.9 Å². The Hall–Kier alpha value is -7.30. The van der Waals surface area contributed by atoms with Gasteiger partial charge in [0.15, 0.2) is 11.5 Å². The second-order valence-corrected chi connectivity index (χ2v) is 13.9. The van der Waals surface area contributed by atoms with Crippen molar-refractivity contribution in [1.82, 2.24) is 19.2 Å². The number of allylic oxidation sites excluding steroid dienone is 1. The van der Waals surface area contributed by atoms with E-state index in [1.807, 2.05) is 6.92 Å². The molecule has 0 amide bonds. The molecule has 4 heteroatoms. The number of hydrogen-bond acceptors (Lipinski definition) is 2. The third-order valence-corrected chi connectivity index (χ3v) is 10.6. The molecule has 0 unspecified atom stereocenters. The highest BCUT2D eigenvalue weighted by molar-refractivity contribution is 6.13. The maximum absolute atomic E-state index is 4.80. The van der Waals surface area contributed by atoms with E-state index in [1.54, 1.807) is 6.08 Å². The number of para-hydroxylation sites is 2. The lowest BCUT2D eigenvalue weighted by molar-refractivity contribution is 1.11. The molecule has 0 aliphatic carbocycles. The monoisotopic (exact) mass is 704 g/mol. The van der Waals surface area contributed by atoms with E-state index in [2.05, 4.69) is 198 Å². The van der Waals surface area contributed by atoms with Crippen LogP contribution in [-0.2, 0) is 0 Å². The standard InChI is InChI=1S/C48H30N4.C3H6/c1-2-10-35-29-36(22-21-31(35)9-1)32-17-19-33(20-18-32)37-25-28-46-43(30-37)39-11-3-4-14-42(39)48-50-49-47(52(46)48)34-23-26-38(27-24-34)51-44-15-7-5-12-40(44)41-13-6-8-16-45(41)51;1-3-2/h1-30H;3H,1H2,2H3. The molecule has 260 valence electrons. The molecule has 0 saturated heterocycles. The van der Waals surface area contributed by atoms with Gasteiger partial charge in [0.25, 0.3) is 0 Å². The van der Waals surface area contributed by atoms with Crippen LogP contribution in [0, 0.1) is 0 Å². The Labute approximate surface area is 318 Å². The minimum absolute atomic E-state index is 0.826. The van der Waals surface area contributed by atoms with Gasteiger partial charge in [0, 0.05) is 32.8 Å². The van der Waals surface area contributed by atoms with E-state index in [-0.39, 0.29) is 0 Å². The molecule has 0 saturated carbocycles. The summed E-state index contributed by atoms with van der Waals surface area (Å²) in [6, 6.07) is 65.4. The molecule has 3 heterocycles. The summed E-state index contributed by atoms with van der Waals surface area (Å²) in [6.07, 6.45) is 1.75. The van der Waals surface area contributed by atoms with Gasteiger partial charge in [-0.15, -0.1) is 16.8 Å². The number of fused-ring (bicyclic) bond motifs is 10. The van der Waals surface area contributed by atoms with Gasteiger partial charge < -0.3 is 4.57 Å². The largest absolute Gasteiger partial charge is 0.309 e. The van der Waals surface area contributed by atoms with Crippen molar-refractivity contribution < 1.29 is 0 Å². The van der Waals surface area contributed by atoms with Gasteiger partial charge in [-0.3, -0.25) is 4.40 Å². The van der Waals surface area contributed by atoms with Crippen LogP contribution >= 0.6 is 0 Å². The Bertz CT molecular complexity index is 3170. The Kier molecular flexibility index (Phi) is 7.81. The molecule has 4 nitrogen and oxygen atoms in total. The Morgan fingerprint density at radius 1 is 0.418 bits per heavy atom. The number of nitrogens with zero attached hydrogens (tertiary/aromatic N) is 4. The molecule has 0 aliphatic rings. The lowest BCUT2D eigenvalue weighted by Crippen LogP contribution is -1.96. The molecular weight excluding hydrogens is 669 g/mol. The van der Waals surface area contributed by atoms with Crippen LogP contribution in [0.1, 0.15) is 6.92 Å². The van der Waals surface area contributed by atoms with Crippen molar-refractivity contribution in [2.75, 3.05) is 0 Å². The van der Waals surface area contributed by atoms with E-state index in [4.69, 9.17) is 10.2 Å². The van der Waals surface area contributed by atoms with E-state index in [0.717, 1.165) is 33.6 Å². The van der Waals surface area contributed by atoms with Crippen molar-refractivity contribution >= 4 is 59.9 Å². The molecule has 0 N–H and O–H groups in total. The zero-order valence-corrected chi connectivity index (χ0v) is 30.4. The minimum atomic E-state index is 0.826. The molecule has 3 aromatic heterocycles. The molecule has 0 atom stereocenters. The lowest BCUT2D eigenvalue weighted by Gasteiger charge is -2.13. The fourth-order valence-electron chi connectivity index (χ4n) is 8.10. The fourth-order valence-corrected chi connectivity index (χ4v) is 8.10. The average molecular weight is 705 g/mol. The molecule has 11 rings (SSSR count). The second-order valence-electron chi connectivity index (χ2n) is 13.9. The fraction of sp³-hybridized carbons (Fsp3) is 0.0196. The highest BCUT2D eigenvalue weighted by atomic mass is 15.2. The van der Waals surface area contributed by atoms with Crippen LogP contribution in [0.15, 0.2) is 195 Å². The van der Waals surface area contributed by atoms with Crippen LogP contribution < -0.4 is 0 Å². The number of pyridine rings is 1. The maximum atomic E-state index is 4.80. The van der Waals surface area contributed by atoms with Crippen molar-refractivity contribution in [2.45, 2.75) is 6.92 Å². The Morgan fingerprint density at radius 2 is 0.927 bits per heavy atom. The molecule has 55 heavy (non-hydrogen) atoms. The number of hydrogen-bond donors (Lipinski definition) is 0. The van der Waals surface area contributed by atoms with Gasteiger partial charge >= 0.3 is 0 Å². The summed E-state index contributed by atoms with van der Waals surface area (Å²) in [5, 5.41) is 18.0. The average Bonchev–Trinajstić information content (AvgIpc) is 3.85. The molecular formula is C51H36N4. The normalized spacial score (nSPS) is 11.4. The maximum Gasteiger partial charge on any atom is 0.169 e. The van der Waals surface area contributed by atoms with E-state index in [0.29, 0.717) is 0 Å². The summed E-state index contributed by atoms with van der Waals surface area (Å²) in [6.45, 7) is 5.25. The van der Waals surface area contributed by atoms with Crippen molar-refractivity contribution in [1.29, 1.82) is 0 Å². The summed E-state index contributed by atoms with van der Waals surface area (Å²) in [7, 11) is 0. The molecule has 0 spiro atoms. The van der Waals surface area contributed by atoms with E-state index >= 15 is 0 Å². The first-order valence-corrected chi connectivity index (χ1v) is 18.7. The third-order valence-electron chi connectivity index (χ3n) is 10.6. The minimum Gasteiger partial charge on any atom is -0.309 e. The molecule has 0 aliphatic heterocycles. The van der Waals surface area contributed by atoms with Crippen LogP contribution in [0.5, 0.6) is 0 Å². The first kappa shape index (κ1) is 32.4. The molecule has 0 radical (unpaired) electrons. The van der Waals surface area contributed by atoms with Gasteiger partial charge in [0.2, 0.25) is 0 Å². The van der Waals surface area contributed by atoms with Crippen molar-refractivity contribution in [3.63, 3.8) is 0 Å². The first-order valence-electron chi connectivity index (χ1n) is 18.7. The van der Waals surface area contributed by atoms with E-state index in [9.17, 15) is 0 Å². The predicted octanol–water partition coefficient (Wildman–Crippen LogP) is 13.5. The summed E-state index contributed by atoms with van der Waals surface area (Å²) in [5.74, 6) is 0.826. The van der Waals surface area contributed by atoms with Crippen molar-refractivity contribution in [3.8, 4) is 39.3 Å². The van der Waals surface area contributed by atoms with Crippen molar-refractivity contribution in [2.24, 2.45) is 0 Å². The Morgan fingerprint density at radius 3 is 1.60 bits per heavy atom. The van der Waals surface area contributed by atoms with Gasteiger partial charge in [-0.25, -0.2) is 0 Å². The van der Waals surface area contributed by atoms with Gasteiger partial charge in [0.05, 0.1) is 16.6 Å². The third kappa shape index (κ3) is 5.38. The zero-order valence-electron chi connectivity index (χ0n) is 30.4. The van der Waals surface area contributed by atoms with Gasteiger partial charge in [0.1, 0.15) is 0 Å². The Balaban J connectivity index is 0.00000120. The van der Waals surface area contributed by atoms with Crippen LogP contribution in [0.2, 0.25) is 0 Å². The molecule has 0 bridgehead atoms. The number of aromatic nitrogens is 4. The smallest absolute Gasteiger partial charge is 0.169 e. The molecule has 11 aromatic rings. The highest BCUT2D eigenvalue weighted by Gasteiger charge is 2.18. The zero-order chi connectivity index (χ0) is 36.9. The number of rotatable bonds is 4. The summed E-state index contributed by atoms with van der Waals surface area (Å²) in [5.41, 5.74) is 11.2. The van der Waals surface area contributed by atoms with Gasteiger partial charge in [-0.1, -0.05) is 133 Å². The van der Waals surface area contributed by atoms with Crippen LogP contribution in [0.3, 0.4) is 0 Å². The van der Waals surface area contributed by atoms with Crippen LogP contribution in [-0.4, -0.2) is 19.2 Å². The van der Waals surface area contributed by atoms with Crippen molar-refractivity contribution in [3.05, 3.63) is 195 Å². The van der Waals surface area contributed by atoms with Gasteiger partial charge in [-0.2, -0.15) is 0 Å². The topological polar surface area (TPSA) is 35.1 Å². The first-order chi connectivity index (χ1) is 27.2. The van der Waals surface area contributed by atoms with E-state index in [1.165, 1.54) is 65.6 Å². The van der Waals surface area contributed by atoms with Crippen LogP contribution in [0.25, 0.3) is 99.2 Å². The SMILES string of the molecule is C=CC.c1ccc2cc(-c3ccc(-c4ccc5c(c4)c4ccccc4c4nnc(-c6ccc(-n7c8ccccc8c8ccccc87)cc6)n54)cc3)ccc2c1. The quantitative estimate of drug-likeness (QED) is 0.135. The van der Waals surface area contributed by atoms with Crippen LogP contribution in [0.4, 0.5) is 0 Å². The molecule has 0 fully saturated rings. The highest BCUT2D eigenvalue weighted by Crippen LogP contribution is 2.37. The summed E-state index contributed by atoms with van der Waals surface area (Å²) in [4.78, 5) is 0. The number of benzene rings is 8. The van der Waals surface area contributed by atoms with E-state index < -0.39 is 0 Å². The molecule has 8 aromatic carbocycles. The summed E-state index contributed by atoms with van der Waals surface area (Å²) >= 11 is 0.